The Morgan fingerprint density at radius 2 is 2.11 bits per heavy atom. The van der Waals surface area contributed by atoms with Gasteiger partial charge in [-0.2, -0.15) is 0 Å². The lowest BCUT2D eigenvalue weighted by molar-refractivity contribution is -0.139. The molecule has 1 heterocycles. The Morgan fingerprint density at radius 3 is 2.72 bits per heavy atom. The average molecular weight is 249 g/mol. The first kappa shape index (κ1) is 12.9. The van der Waals surface area contributed by atoms with E-state index < -0.39 is 5.97 Å². The number of hydrogen-bond acceptors (Lipinski definition) is 3. The van der Waals surface area contributed by atoms with Crippen molar-refractivity contribution in [1.82, 2.24) is 4.90 Å². The number of ether oxygens (including phenoxy) is 1. The van der Waals surface area contributed by atoms with Crippen LogP contribution in [0.15, 0.2) is 24.3 Å². The number of carboxylic acid groups (broad SMARTS) is 1. The first-order chi connectivity index (χ1) is 8.70. The van der Waals surface area contributed by atoms with E-state index in [-0.39, 0.29) is 12.6 Å². The van der Waals surface area contributed by atoms with Gasteiger partial charge in [0.05, 0.1) is 13.7 Å². The van der Waals surface area contributed by atoms with Gasteiger partial charge < -0.3 is 9.84 Å². The molecule has 1 aromatic rings. The number of benzene rings is 1. The maximum absolute atomic E-state index is 10.9. The van der Waals surface area contributed by atoms with Gasteiger partial charge in [0.15, 0.2) is 0 Å². The standard InChI is InChI=1S/C14H19NO3/c1-18-12-7-5-11(6-8-12)13-4-2-3-9-15(13)10-14(16)17/h5-8,13H,2-4,9-10H2,1H3,(H,16,17). The molecule has 4 heteroatoms. The molecule has 1 unspecified atom stereocenters. The quantitative estimate of drug-likeness (QED) is 0.889. The molecule has 0 saturated carbocycles. The summed E-state index contributed by atoms with van der Waals surface area (Å²) in [5, 5.41) is 8.95. The van der Waals surface area contributed by atoms with Gasteiger partial charge >= 0.3 is 5.97 Å². The number of carbonyl (C=O) groups is 1. The molecule has 2 rings (SSSR count). The summed E-state index contributed by atoms with van der Waals surface area (Å²) in [7, 11) is 1.65. The zero-order valence-corrected chi connectivity index (χ0v) is 10.6. The highest BCUT2D eigenvalue weighted by Gasteiger charge is 2.25. The minimum absolute atomic E-state index is 0.122. The van der Waals surface area contributed by atoms with Crippen molar-refractivity contribution in [3.8, 4) is 5.75 Å². The molecule has 1 fully saturated rings. The van der Waals surface area contributed by atoms with Gasteiger partial charge in [-0.15, -0.1) is 0 Å². The van der Waals surface area contributed by atoms with Gasteiger partial charge in [-0.25, -0.2) is 0 Å². The third-order valence-corrected chi connectivity index (χ3v) is 3.45. The molecule has 1 aliphatic heterocycles. The molecule has 0 spiro atoms. The fraction of sp³-hybridized carbons (Fsp3) is 0.500. The molecule has 1 saturated heterocycles. The van der Waals surface area contributed by atoms with Crippen molar-refractivity contribution in [3.05, 3.63) is 29.8 Å². The number of methoxy groups -OCH3 is 1. The lowest BCUT2D eigenvalue weighted by atomic mass is 9.95. The van der Waals surface area contributed by atoms with Crippen LogP contribution in [0.4, 0.5) is 0 Å². The summed E-state index contributed by atoms with van der Waals surface area (Å²) in [4.78, 5) is 12.9. The second-order valence-electron chi connectivity index (χ2n) is 4.65. The van der Waals surface area contributed by atoms with E-state index in [1.165, 1.54) is 5.56 Å². The zero-order valence-electron chi connectivity index (χ0n) is 10.6. The average Bonchev–Trinajstić information content (AvgIpc) is 2.39. The van der Waals surface area contributed by atoms with E-state index in [9.17, 15) is 4.79 Å². The Kier molecular flexibility index (Phi) is 4.20. The van der Waals surface area contributed by atoms with Crippen LogP contribution >= 0.6 is 0 Å². The number of nitrogens with zero attached hydrogens (tertiary/aromatic N) is 1. The Hall–Kier alpha value is -1.55. The van der Waals surface area contributed by atoms with Crippen LogP contribution in [0, 0.1) is 0 Å². The molecule has 0 bridgehead atoms. The molecule has 1 N–H and O–H groups in total. The molecule has 0 aliphatic carbocycles. The topological polar surface area (TPSA) is 49.8 Å². The van der Waals surface area contributed by atoms with Gasteiger partial charge in [-0.3, -0.25) is 9.69 Å². The van der Waals surface area contributed by atoms with Crippen LogP contribution in [0.2, 0.25) is 0 Å². The van der Waals surface area contributed by atoms with Crippen molar-refractivity contribution in [2.75, 3.05) is 20.2 Å². The van der Waals surface area contributed by atoms with Gasteiger partial charge in [0.2, 0.25) is 0 Å². The maximum atomic E-state index is 10.9. The van der Waals surface area contributed by atoms with Crippen LogP contribution in [-0.4, -0.2) is 36.2 Å². The molecule has 0 amide bonds. The second kappa shape index (κ2) is 5.87. The van der Waals surface area contributed by atoms with Gasteiger partial charge in [0, 0.05) is 6.04 Å². The van der Waals surface area contributed by atoms with E-state index in [0.29, 0.717) is 0 Å². The van der Waals surface area contributed by atoms with Crippen molar-refractivity contribution >= 4 is 5.97 Å². The molecule has 1 aliphatic rings. The highest BCUT2D eigenvalue weighted by molar-refractivity contribution is 5.69. The van der Waals surface area contributed by atoms with E-state index in [1.54, 1.807) is 7.11 Å². The number of rotatable bonds is 4. The van der Waals surface area contributed by atoms with Gasteiger partial charge in [0.25, 0.3) is 0 Å². The van der Waals surface area contributed by atoms with Crippen molar-refractivity contribution in [2.24, 2.45) is 0 Å². The van der Waals surface area contributed by atoms with Crippen molar-refractivity contribution in [3.63, 3.8) is 0 Å². The smallest absolute Gasteiger partial charge is 0.317 e. The summed E-state index contributed by atoms with van der Waals surface area (Å²) in [6.45, 7) is 0.986. The fourth-order valence-electron chi connectivity index (χ4n) is 2.56. The Balaban J connectivity index is 2.13. The first-order valence-corrected chi connectivity index (χ1v) is 6.30. The Morgan fingerprint density at radius 1 is 1.39 bits per heavy atom. The summed E-state index contributed by atoms with van der Waals surface area (Å²) < 4.78 is 5.14. The molecule has 1 atom stereocenters. The van der Waals surface area contributed by atoms with Crippen molar-refractivity contribution in [2.45, 2.75) is 25.3 Å². The zero-order chi connectivity index (χ0) is 13.0. The molecule has 4 nitrogen and oxygen atoms in total. The third kappa shape index (κ3) is 3.01. The maximum Gasteiger partial charge on any atom is 0.317 e. The van der Waals surface area contributed by atoms with Gasteiger partial charge in [-0.1, -0.05) is 18.6 Å². The third-order valence-electron chi connectivity index (χ3n) is 3.45. The molecule has 0 radical (unpaired) electrons. The SMILES string of the molecule is COc1ccc(C2CCCCN2CC(=O)O)cc1. The summed E-state index contributed by atoms with van der Waals surface area (Å²) in [6.07, 6.45) is 3.27. The van der Waals surface area contributed by atoms with Crippen LogP contribution in [-0.2, 0) is 4.79 Å². The summed E-state index contributed by atoms with van der Waals surface area (Å²) in [5.41, 5.74) is 1.18. The van der Waals surface area contributed by atoms with Crippen molar-refractivity contribution < 1.29 is 14.6 Å². The van der Waals surface area contributed by atoms with E-state index in [1.807, 2.05) is 29.2 Å². The predicted molar refractivity (Wildman–Crippen MR) is 68.8 cm³/mol. The number of carboxylic acids is 1. The Bertz CT molecular complexity index is 402. The minimum Gasteiger partial charge on any atom is -0.497 e. The number of hydrogen-bond donors (Lipinski definition) is 1. The molecular formula is C14H19NO3. The predicted octanol–water partition coefficient (Wildman–Crippen LogP) is 2.31. The van der Waals surface area contributed by atoms with E-state index in [0.717, 1.165) is 31.6 Å². The van der Waals surface area contributed by atoms with E-state index in [4.69, 9.17) is 9.84 Å². The van der Waals surface area contributed by atoms with Crippen LogP contribution < -0.4 is 4.74 Å². The lowest BCUT2D eigenvalue weighted by Gasteiger charge is -2.34. The van der Waals surface area contributed by atoms with Crippen LogP contribution in [0.3, 0.4) is 0 Å². The molecular weight excluding hydrogens is 230 g/mol. The number of piperidine rings is 1. The lowest BCUT2D eigenvalue weighted by Crippen LogP contribution is -2.37. The van der Waals surface area contributed by atoms with Gasteiger partial charge in [-0.05, 0) is 37.1 Å². The molecule has 98 valence electrons. The van der Waals surface area contributed by atoms with E-state index in [2.05, 4.69) is 0 Å². The molecule has 0 aromatic heterocycles. The minimum atomic E-state index is -0.754. The van der Waals surface area contributed by atoms with Crippen molar-refractivity contribution in [1.29, 1.82) is 0 Å². The second-order valence-corrected chi connectivity index (χ2v) is 4.65. The first-order valence-electron chi connectivity index (χ1n) is 6.30. The van der Waals surface area contributed by atoms with Crippen LogP contribution in [0.25, 0.3) is 0 Å². The van der Waals surface area contributed by atoms with E-state index >= 15 is 0 Å². The van der Waals surface area contributed by atoms with Crippen LogP contribution in [0.5, 0.6) is 5.75 Å². The number of likely N-dealkylation sites (tertiary alicyclic amines) is 1. The highest BCUT2D eigenvalue weighted by atomic mass is 16.5. The number of aliphatic carboxylic acids is 1. The molecule has 1 aromatic carbocycles. The summed E-state index contributed by atoms with van der Waals surface area (Å²) in [6, 6.07) is 8.15. The summed E-state index contributed by atoms with van der Waals surface area (Å²) >= 11 is 0. The largest absolute Gasteiger partial charge is 0.497 e. The van der Waals surface area contributed by atoms with Crippen LogP contribution in [0.1, 0.15) is 30.9 Å². The molecule has 18 heavy (non-hydrogen) atoms. The Labute approximate surface area is 107 Å². The highest BCUT2D eigenvalue weighted by Crippen LogP contribution is 2.31. The normalized spacial score (nSPS) is 20.6. The fourth-order valence-corrected chi connectivity index (χ4v) is 2.56. The summed E-state index contributed by atoms with van der Waals surface area (Å²) in [5.74, 6) is 0.0785. The monoisotopic (exact) mass is 249 g/mol. The van der Waals surface area contributed by atoms with Gasteiger partial charge in [0.1, 0.15) is 5.75 Å².